The zero-order chi connectivity index (χ0) is 31.5. The summed E-state index contributed by atoms with van der Waals surface area (Å²) in [4.78, 5) is 19.7. The van der Waals surface area contributed by atoms with E-state index in [1.165, 1.54) is 18.2 Å². The molecule has 43 heavy (non-hydrogen) atoms. The van der Waals surface area contributed by atoms with Crippen molar-refractivity contribution in [2.75, 3.05) is 37.0 Å². The highest BCUT2D eigenvalue weighted by molar-refractivity contribution is 5.92. The summed E-state index contributed by atoms with van der Waals surface area (Å²) in [7, 11) is 1.75. The number of hydrogen-bond donors (Lipinski definition) is 2. The van der Waals surface area contributed by atoms with Crippen molar-refractivity contribution in [2.45, 2.75) is 72.5 Å². The molecule has 7 nitrogen and oxygen atoms in total. The van der Waals surface area contributed by atoms with Crippen LogP contribution in [0.3, 0.4) is 0 Å². The summed E-state index contributed by atoms with van der Waals surface area (Å²) < 4.78 is 40.7. The number of anilines is 2. The molecule has 1 fully saturated rings. The summed E-state index contributed by atoms with van der Waals surface area (Å²) in [5.41, 5.74) is 3.14. The van der Waals surface area contributed by atoms with Gasteiger partial charge in [0.1, 0.15) is 11.6 Å². The van der Waals surface area contributed by atoms with Crippen LogP contribution in [0, 0.1) is 24.0 Å². The van der Waals surface area contributed by atoms with Gasteiger partial charge in [-0.15, -0.1) is 0 Å². The highest BCUT2D eigenvalue weighted by Crippen LogP contribution is 2.46. The SMILES string of the molecule is CNc1nc(C)c([C@H](OC(C)(C)C)C(=O)O)c(N2CCC(C)(C)CC2)c1-c1ccc(OCCc2ccc(F)cc2)c(F)c1. The molecule has 0 radical (unpaired) electrons. The molecular weight excluding hydrogens is 552 g/mol. The van der Waals surface area contributed by atoms with E-state index in [1.54, 1.807) is 38.2 Å². The first-order chi connectivity index (χ1) is 20.2. The fraction of sp³-hybridized carbons (Fsp3) is 0.471. The molecule has 0 aliphatic carbocycles. The van der Waals surface area contributed by atoms with Crippen molar-refractivity contribution in [3.8, 4) is 16.9 Å². The van der Waals surface area contributed by atoms with Gasteiger partial charge in [-0.05, 0) is 81.3 Å². The van der Waals surface area contributed by atoms with E-state index in [-0.39, 0.29) is 23.6 Å². The molecule has 0 spiro atoms. The second-order valence-electron chi connectivity index (χ2n) is 12.9. The number of nitrogens with one attached hydrogen (secondary N) is 1. The zero-order valence-electron chi connectivity index (χ0n) is 26.2. The number of ether oxygens (including phenoxy) is 2. The fourth-order valence-electron chi connectivity index (χ4n) is 5.42. The van der Waals surface area contributed by atoms with Gasteiger partial charge in [-0.1, -0.05) is 32.0 Å². The van der Waals surface area contributed by atoms with E-state index in [0.29, 0.717) is 53.4 Å². The van der Waals surface area contributed by atoms with E-state index in [2.05, 4.69) is 24.1 Å². The molecule has 1 aliphatic rings. The number of carboxylic acid groups (broad SMARTS) is 1. The molecule has 0 bridgehead atoms. The Bertz CT molecular complexity index is 1440. The van der Waals surface area contributed by atoms with Gasteiger partial charge >= 0.3 is 5.97 Å². The van der Waals surface area contributed by atoms with Crippen LogP contribution < -0.4 is 15.0 Å². The van der Waals surface area contributed by atoms with E-state index in [1.807, 2.05) is 20.8 Å². The van der Waals surface area contributed by atoms with Crippen LogP contribution in [-0.2, 0) is 16.0 Å². The molecule has 0 amide bonds. The number of nitrogens with zero attached hydrogens (tertiary/aromatic N) is 2. The van der Waals surface area contributed by atoms with E-state index in [4.69, 9.17) is 14.5 Å². The Kier molecular flexibility index (Phi) is 9.64. The summed E-state index contributed by atoms with van der Waals surface area (Å²) >= 11 is 0. The standard InChI is InChI=1S/C34H43F2N3O4/c1-21-27(30(32(40)41)43-33(2,3)4)29(39-17-15-34(5,6)16-18-39)28(31(37-7)38-21)23-10-13-26(25(36)20-23)42-19-14-22-8-11-24(35)12-9-22/h8-13,20,30H,14-19H2,1-7H3,(H,37,38)(H,40,41)/t30-/m0/s1. The van der Waals surface area contributed by atoms with Gasteiger partial charge in [0.2, 0.25) is 0 Å². The number of aromatic nitrogens is 1. The van der Waals surface area contributed by atoms with Gasteiger partial charge in [-0.2, -0.15) is 0 Å². The van der Waals surface area contributed by atoms with Gasteiger partial charge < -0.3 is 24.8 Å². The third kappa shape index (κ3) is 7.82. The highest BCUT2D eigenvalue weighted by atomic mass is 19.1. The van der Waals surface area contributed by atoms with Crippen LogP contribution in [0.4, 0.5) is 20.3 Å². The molecule has 2 heterocycles. The lowest BCUT2D eigenvalue weighted by atomic mass is 9.82. The number of carbonyl (C=O) groups is 1. The Labute approximate surface area is 253 Å². The first-order valence-corrected chi connectivity index (χ1v) is 14.7. The highest BCUT2D eigenvalue weighted by Gasteiger charge is 2.37. The number of pyridine rings is 1. The lowest BCUT2D eigenvalue weighted by Gasteiger charge is -2.41. The number of hydrogen-bond acceptors (Lipinski definition) is 6. The van der Waals surface area contributed by atoms with Gasteiger partial charge in [-0.25, -0.2) is 18.6 Å². The van der Waals surface area contributed by atoms with Crippen molar-refractivity contribution in [1.29, 1.82) is 0 Å². The smallest absolute Gasteiger partial charge is 0.337 e. The minimum absolute atomic E-state index is 0.0953. The maximum absolute atomic E-state index is 15.6. The Balaban J connectivity index is 1.79. The first-order valence-electron chi connectivity index (χ1n) is 14.7. The summed E-state index contributed by atoms with van der Waals surface area (Å²) in [6.07, 6.45) is 1.04. The molecule has 1 saturated heterocycles. The Morgan fingerprint density at radius 3 is 2.33 bits per heavy atom. The minimum atomic E-state index is -1.28. The first kappa shape index (κ1) is 32.2. The Morgan fingerprint density at radius 1 is 1.12 bits per heavy atom. The largest absolute Gasteiger partial charge is 0.490 e. The van der Waals surface area contributed by atoms with Gasteiger partial charge in [0.05, 0.1) is 17.9 Å². The summed E-state index contributed by atoms with van der Waals surface area (Å²) in [5.74, 6) is -1.36. The predicted molar refractivity (Wildman–Crippen MR) is 166 cm³/mol. The van der Waals surface area contributed by atoms with Crippen molar-refractivity contribution in [1.82, 2.24) is 4.98 Å². The summed E-state index contributed by atoms with van der Waals surface area (Å²) in [6, 6.07) is 10.9. The molecule has 1 aliphatic heterocycles. The maximum atomic E-state index is 15.6. The monoisotopic (exact) mass is 595 g/mol. The predicted octanol–water partition coefficient (Wildman–Crippen LogP) is 7.57. The number of rotatable bonds is 10. The molecule has 2 N–H and O–H groups in total. The molecule has 1 aromatic heterocycles. The van der Waals surface area contributed by atoms with Crippen LogP contribution in [0.15, 0.2) is 42.5 Å². The zero-order valence-corrected chi connectivity index (χ0v) is 26.2. The second-order valence-corrected chi connectivity index (χ2v) is 12.9. The quantitative estimate of drug-likeness (QED) is 0.250. The Hall–Kier alpha value is -3.72. The van der Waals surface area contributed by atoms with Crippen molar-refractivity contribution >= 4 is 17.5 Å². The average Bonchev–Trinajstić information content (AvgIpc) is 2.93. The van der Waals surface area contributed by atoms with Gasteiger partial charge in [-0.3, -0.25) is 0 Å². The van der Waals surface area contributed by atoms with Crippen LogP contribution in [-0.4, -0.2) is 48.4 Å². The number of aliphatic carboxylic acids is 1. The van der Waals surface area contributed by atoms with Gasteiger partial charge in [0.25, 0.3) is 0 Å². The fourth-order valence-corrected chi connectivity index (χ4v) is 5.42. The number of benzene rings is 2. The third-order valence-corrected chi connectivity index (χ3v) is 7.81. The maximum Gasteiger partial charge on any atom is 0.337 e. The van der Waals surface area contributed by atoms with E-state index in [9.17, 15) is 14.3 Å². The Morgan fingerprint density at radius 2 is 1.77 bits per heavy atom. The van der Waals surface area contributed by atoms with Crippen molar-refractivity contribution in [3.05, 3.63) is 70.9 Å². The van der Waals surface area contributed by atoms with Crippen molar-refractivity contribution in [3.63, 3.8) is 0 Å². The van der Waals surface area contributed by atoms with Crippen molar-refractivity contribution in [2.24, 2.45) is 5.41 Å². The number of carboxylic acids is 1. The van der Waals surface area contributed by atoms with Crippen LogP contribution in [0.1, 0.15) is 70.4 Å². The van der Waals surface area contributed by atoms with Crippen LogP contribution >= 0.6 is 0 Å². The van der Waals surface area contributed by atoms with E-state index >= 15 is 4.39 Å². The molecular formula is C34H43F2N3O4. The molecule has 0 unspecified atom stereocenters. The van der Waals surface area contributed by atoms with Gasteiger partial charge in [0, 0.05) is 43.4 Å². The molecule has 3 aromatic rings. The molecule has 2 aromatic carbocycles. The lowest BCUT2D eigenvalue weighted by Crippen LogP contribution is -2.39. The molecule has 232 valence electrons. The molecule has 9 heteroatoms. The van der Waals surface area contributed by atoms with E-state index < -0.39 is 23.5 Å². The third-order valence-electron chi connectivity index (χ3n) is 7.81. The number of aryl methyl sites for hydroxylation is 1. The normalized spacial score (nSPS) is 15.7. The summed E-state index contributed by atoms with van der Waals surface area (Å²) in [5, 5.41) is 13.5. The van der Waals surface area contributed by atoms with Crippen molar-refractivity contribution < 1.29 is 28.2 Å². The lowest BCUT2D eigenvalue weighted by molar-refractivity contribution is -0.160. The number of piperidine rings is 1. The molecule has 0 saturated carbocycles. The van der Waals surface area contributed by atoms with Crippen LogP contribution in [0.25, 0.3) is 11.1 Å². The minimum Gasteiger partial charge on any atom is -0.490 e. The van der Waals surface area contributed by atoms with Crippen LogP contribution in [0.5, 0.6) is 5.75 Å². The van der Waals surface area contributed by atoms with E-state index in [0.717, 1.165) is 18.4 Å². The molecule has 4 rings (SSSR count). The van der Waals surface area contributed by atoms with Gasteiger partial charge in [0.15, 0.2) is 17.7 Å². The average molecular weight is 596 g/mol. The topological polar surface area (TPSA) is 83.9 Å². The van der Waals surface area contributed by atoms with Crippen LogP contribution in [0.2, 0.25) is 0 Å². The number of halogens is 2. The molecule has 1 atom stereocenters. The second kappa shape index (κ2) is 12.9. The summed E-state index contributed by atoms with van der Waals surface area (Å²) in [6.45, 7) is 13.3.